The molecule has 4 rings (SSSR count). The molecule has 3 aliphatic rings. The van der Waals surface area contributed by atoms with Crippen molar-refractivity contribution in [1.82, 2.24) is 14.8 Å². The predicted molar refractivity (Wildman–Crippen MR) is 99.1 cm³/mol. The number of nitrogens with zero attached hydrogens (tertiary/aromatic N) is 2. The smallest absolute Gasteiger partial charge is 0.251 e. The number of aliphatic hydroxyl groups is 1. The average Bonchev–Trinajstić information content (AvgIpc) is 3.17. The molecule has 1 saturated heterocycles. The Labute approximate surface area is 154 Å². The summed E-state index contributed by atoms with van der Waals surface area (Å²) in [5.74, 6) is 0.960. The van der Waals surface area contributed by atoms with Gasteiger partial charge in [-0.1, -0.05) is 18.9 Å². The summed E-state index contributed by atoms with van der Waals surface area (Å²) in [5.41, 5.74) is 1.12. The number of hydrogen-bond acceptors (Lipinski definition) is 4. The molecular weight excluding hydrogens is 330 g/mol. The molecule has 2 aliphatic heterocycles. The number of pyridine rings is 1. The molecule has 2 bridgehead atoms. The molecule has 26 heavy (non-hydrogen) atoms. The van der Waals surface area contributed by atoms with Crippen LogP contribution < -0.4 is 10.9 Å². The first-order valence-electron chi connectivity index (χ1n) is 9.99. The van der Waals surface area contributed by atoms with E-state index in [0.29, 0.717) is 24.9 Å². The van der Waals surface area contributed by atoms with Crippen molar-refractivity contribution in [3.63, 3.8) is 0 Å². The lowest BCUT2D eigenvalue weighted by molar-refractivity contribution is -0.125. The zero-order chi connectivity index (χ0) is 18.1. The molecule has 2 fully saturated rings. The lowest BCUT2D eigenvalue weighted by Crippen LogP contribution is -2.52. The van der Waals surface area contributed by atoms with Gasteiger partial charge in [0.2, 0.25) is 5.91 Å². The van der Waals surface area contributed by atoms with Crippen molar-refractivity contribution in [2.24, 2.45) is 11.8 Å². The summed E-state index contributed by atoms with van der Waals surface area (Å²) >= 11 is 0. The van der Waals surface area contributed by atoms with Crippen LogP contribution in [0.3, 0.4) is 0 Å². The molecule has 0 spiro atoms. The quantitative estimate of drug-likeness (QED) is 0.826. The van der Waals surface area contributed by atoms with Gasteiger partial charge in [0.15, 0.2) is 0 Å². The number of likely N-dealkylation sites (tertiary alicyclic amines) is 1. The zero-order valence-corrected chi connectivity index (χ0v) is 15.3. The van der Waals surface area contributed by atoms with Crippen molar-refractivity contribution in [3.8, 4) is 0 Å². The number of carbonyl (C=O) groups is 1. The number of carbonyl (C=O) groups excluding carboxylic acids is 1. The van der Waals surface area contributed by atoms with Crippen molar-refractivity contribution in [3.05, 3.63) is 34.2 Å². The fourth-order valence-corrected chi connectivity index (χ4v) is 5.26. The van der Waals surface area contributed by atoms with Gasteiger partial charge in [-0.3, -0.25) is 9.59 Å². The normalized spacial score (nSPS) is 28.7. The van der Waals surface area contributed by atoms with Crippen LogP contribution in [0.5, 0.6) is 0 Å². The van der Waals surface area contributed by atoms with E-state index >= 15 is 0 Å². The molecule has 1 amide bonds. The molecule has 1 aromatic rings. The monoisotopic (exact) mass is 359 g/mol. The highest BCUT2D eigenvalue weighted by Gasteiger charge is 2.40. The van der Waals surface area contributed by atoms with Crippen LogP contribution in [0, 0.1) is 11.8 Å². The van der Waals surface area contributed by atoms with Crippen LogP contribution in [-0.4, -0.2) is 53.3 Å². The van der Waals surface area contributed by atoms with Crippen LogP contribution in [0.2, 0.25) is 0 Å². The molecule has 1 saturated carbocycles. The first-order chi connectivity index (χ1) is 12.7. The van der Waals surface area contributed by atoms with E-state index in [1.807, 2.05) is 10.6 Å². The summed E-state index contributed by atoms with van der Waals surface area (Å²) in [6.07, 6.45) is 5.31. The Bertz CT molecular complexity index is 710. The van der Waals surface area contributed by atoms with Crippen molar-refractivity contribution < 1.29 is 9.90 Å². The van der Waals surface area contributed by atoms with Crippen LogP contribution >= 0.6 is 0 Å². The summed E-state index contributed by atoms with van der Waals surface area (Å²) in [4.78, 5) is 27.4. The number of rotatable bonds is 5. The van der Waals surface area contributed by atoms with E-state index in [9.17, 15) is 14.7 Å². The van der Waals surface area contributed by atoms with Crippen LogP contribution in [0.25, 0.3) is 0 Å². The minimum absolute atomic E-state index is 0.00166. The number of hydrogen-bond donors (Lipinski definition) is 2. The van der Waals surface area contributed by atoms with Gasteiger partial charge in [0.25, 0.3) is 5.56 Å². The topological polar surface area (TPSA) is 74.6 Å². The van der Waals surface area contributed by atoms with Crippen LogP contribution in [0.4, 0.5) is 0 Å². The molecule has 3 heterocycles. The molecule has 0 radical (unpaired) electrons. The second-order valence-electron chi connectivity index (χ2n) is 8.13. The Balaban J connectivity index is 1.56. The van der Waals surface area contributed by atoms with E-state index < -0.39 is 0 Å². The third-order valence-electron chi connectivity index (χ3n) is 6.50. The molecule has 142 valence electrons. The number of fused-ring (bicyclic) bond motifs is 4. The molecule has 6 heteroatoms. The SMILES string of the molecule is O=C(NC[C@H]1[C@H]2C[C@H](CN(CCO)C2)c2cccc(=O)n21)C1CCCC1. The van der Waals surface area contributed by atoms with Crippen LogP contribution in [0.15, 0.2) is 23.0 Å². The Morgan fingerprint density at radius 3 is 2.81 bits per heavy atom. The maximum absolute atomic E-state index is 12.6. The summed E-state index contributed by atoms with van der Waals surface area (Å²) in [6.45, 7) is 3.12. The third-order valence-corrected chi connectivity index (χ3v) is 6.50. The number of amides is 1. The minimum Gasteiger partial charge on any atom is -0.395 e. The summed E-state index contributed by atoms with van der Waals surface area (Å²) in [5, 5.41) is 12.5. The van der Waals surface area contributed by atoms with Gasteiger partial charge in [-0.15, -0.1) is 0 Å². The predicted octanol–water partition coefficient (Wildman–Crippen LogP) is 1.11. The molecule has 2 N–H and O–H groups in total. The fraction of sp³-hybridized carbons (Fsp3) is 0.700. The first-order valence-corrected chi connectivity index (χ1v) is 9.99. The van der Waals surface area contributed by atoms with E-state index in [-0.39, 0.29) is 30.0 Å². The molecule has 1 aromatic heterocycles. The Morgan fingerprint density at radius 2 is 2.04 bits per heavy atom. The van der Waals surface area contributed by atoms with E-state index in [1.54, 1.807) is 6.07 Å². The highest BCUT2D eigenvalue weighted by atomic mass is 16.3. The van der Waals surface area contributed by atoms with Gasteiger partial charge in [-0.05, 0) is 31.2 Å². The third kappa shape index (κ3) is 3.32. The van der Waals surface area contributed by atoms with Crippen molar-refractivity contribution in [2.45, 2.75) is 44.1 Å². The second kappa shape index (κ2) is 7.53. The molecule has 0 aromatic carbocycles. The summed E-state index contributed by atoms with van der Waals surface area (Å²) < 4.78 is 1.93. The molecular formula is C20H29N3O3. The van der Waals surface area contributed by atoms with Gasteiger partial charge in [-0.25, -0.2) is 0 Å². The highest BCUT2D eigenvalue weighted by molar-refractivity contribution is 5.78. The van der Waals surface area contributed by atoms with Crippen molar-refractivity contribution >= 4 is 5.91 Å². The lowest BCUT2D eigenvalue weighted by atomic mass is 9.78. The number of β-amino-alcohol motifs (C(OH)–C–C–N with tert-alkyl or cyclic N) is 1. The molecule has 0 unspecified atom stereocenters. The zero-order valence-electron chi connectivity index (χ0n) is 15.3. The standard InChI is InChI=1S/C20H29N3O3/c24-9-8-22-12-15-10-16(13-22)18(23-17(15)6-3-7-19(23)25)11-21-20(26)14-4-1-2-5-14/h3,6-7,14-16,18,24H,1-2,4-5,8-13H2,(H,21,26)/t15-,16+,18+/m1/s1. The minimum atomic E-state index is 0.00166. The Hall–Kier alpha value is -1.66. The largest absolute Gasteiger partial charge is 0.395 e. The van der Waals surface area contributed by atoms with Gasteiger partial charge in [0.1, 0.15) is 0 Å². The Kier molecular flexibility index (Phi) is 5.14. The van der Waals surface area contributed by atoms with Gasteiger partial charge >= 0.3 is 0 Å². The fourth-order valence-electron chi connectivity index (χ4n) is 5.26. The number of aliphatic hydroxyl groups excluding tert-OH is 1. The van der Waals surface area contributed by atoms with Gasteiger partial charge < -0.3 is 19.9 Å². The average molecular weight is 359 g/mol. The first kappa shape index (κ1) is 17.7. The van der Waals surface area contributed by atoms with E-state index in [0.717, 1.165) is 50.9 Å². The van der Waals surface area contributed by atoms with Crippen molar-refractivity contribution in [2.75, 3.05) is 32.8 Å². The van der Waals surface area contributed by atoms with Crippen LogP contribution in [0.1, 0.15) is 49.8 Å². The van der Waals surface area contributed by atoms with Gasteiger partial charge in [-0.2, -0.15) is 0 Å². The van der Waals surface area contributed by atoms with E-state index in [4.69, 9.17) is 0 Å². The molecule has 3 atom stereocenters. The molecule has 1 aliphatic carbocycles. The number of piperidine rings is 1. The Morgan fingerprint density at radius 1 is 1.23 bits per heavy atom. The number of aromatic nitrogens is 1. The maximum Gasteiger partial charge on any atom is 0.251 e. The number of nitrogens with one attached hydrogen (secondary N) is 1. The highest BCUT2D eigenvalue weighted by Crippen LogP contribution is 2.40. The van der Waals surface area contributed by atoms with Crippen LogP contribution in [-0.2, 0) is 4.79 Å². The lowest BCUT2D eigenvalue weighted by Gasteiger charge is -2.47. The molecule has 6 nitrogen and oxygen atoms in total. The van der Waals surface area contributed by atoms with E-state index in [1.165, 1.54) is 0 Å². The van der Waals surface area contributed by atoms with Crippen molar-refractivity contribution in [1.29, 1.82) is 0 Å². The van der Waals surface area contributed by atoms with Gasteiger partial charge in [0.05, 0.1) is 12.6 Å². The second-order valence-corrected chi connectivity index (χ2v) is 8.13. The summed E-state index contributed by atoms with van der Waals surface area (Å²) in [7, 11) is 0. The summed E-state index contributed by atoms with van der Waals surface area (Å²) in [6, 6.07) is 5.52. The maximum atomic E-state index is 12.6. The van der Waals surface area contributed by atoms with E-state index in [2.05, 4.69) is 16.3 Å². The van der Waals surface area contributed by atoms with Gasteiger partial charge in [0, 0.05) is 49.8 Å².